The molecule has 3 rings (SSSR count). The highest BCUT2D eigenvalue weighted by Gasteiger charge is 2.21. The molecule has 0 aromatic carbocycles. The van der Waals surface area contributed by atoms with Gasteiger partial charge in [0.05, 0.1) is 22.6 Å². The van der Waals surface area contributed by atoms with E-state index in [1.165, 1.54) is 23.5 Å². The van der Waals surface area contributed by atoms with Crippen molar-refractivity contribution in [1.29, 1.82) is 0 Å². The topological polar surface area (TPSA) is 74.2 Å². The number of hydrogen-bond acceptors (Lipinski definition) is 7. The number of rotatable bonds is 2. The van der Waals surface area contributed by atoms with E-state index in [4.69, 9.17) is 11.6 Å². The molecule has 0 aliphatic carbocycles. The summed E-state index contributed by atoms with van der Waals surface area (Å²) in [6.07, 6.45) is 3.38. The number of halogens is 1. The molecule has 0 amide bonds. The van der Waals surface area contributed by atoms with Crippen LogP contribution in [0.3, 0.4) is 0 Å². The molecule has 2 aromatic rings. The summed E-state index contributed by atoms with van der Waals surface area (Å²) < 4.78 is 0.769. The molecule has 114 valence electrons. The highest BCUT2D eigenvalue weighted by molar-refractivity contribution is 8.38. The van der Waals surface area contributed by atoms with Crippen LogP contribution in [0.15, 0.2) is 33.3 Å². The van der Waals surface area contributed by atoms with E-state index in [1.54, 1.807) is 24.5 Å². The van der Waals surface area contributed by atoms with Gasteiger partial charge in [-0.05, 0) is 18.6 Å². The molecule has 0 saturated carbocycles. The van der Waals surface area contributed by atoms with E-state index in [9.17, 15) is 4.79 Å². The summed E-state index contributed by atoms with van der Waals surface area (Å²) in [4.78, 5) is 16.8. The van der Waals surface area contributed by atoms with Crippen LogP contribution in [-0.4, -0.2) is 26.6 Å². The number of thioether (sulfide) groups is 2. The van der Waals surface area contributed by atoms with E-state index in [-0.39, 0.29) is 5.56 Å². The van der Waals surface area contributed by atoms with Gasteiger partial charge in [0.2, 0.25) is 0 Å². The monoisotopic (exact) mass is 353 g/mol. The van der Waals surface area contributed by atoms with Crippen molar-refractivity contribution >= 4 is 45.2 Å². The molecule has 0 spiro atoms. The molecule has 1 N–H and O–H groups in total. The molecule has 3 heterocycles. The van der Waals surface area contributed by atoms with Crippen molar-refractivity contribution in [3.8, 4) is 0 Å². The Bertz CT molecular complexity index is 807. The maximum absolute atomic E-state index is 11.9. The first kappa shape index (κ1) is 15.4. The molecule has 9 heteroatoms. The second-order valence-electron chi connectivity index (χ2n) is 4.63. The van der Waals surface area contributed by atoms with Gasteiger partial charge in [-0.2, -0.15) is 10.2 Å². The van der Waals surface area contributed by atoms with Crippen molar-refractivity contribution in [3.05, 3.63) is 45.1 Å². The molecule has 0 saturated heterocycles. The van der Waals surface area contributed by atoms with Crippen molar-refractivity contribution in [1.82, 2.24) is 15.2 Å². The zero-order chi connectivity index (χ0) is 15.7. The molecule has 0 unspecified atom stereocenters. The van der Waals surface area contributed by atoms with Crippen LogP contribution in [0.5, 0.6) is 0 Å². The Morgan fingerprint density at radius 3 is 3.05 bits per heavy atom. The number of aromatic amines is 1. The van der Waals surface area contributed by atoms with Crippen LogP contribution in [0.25, 0.3) is 0 Å². The lowest BCUT2D eigenvalue weighted by Crippen LogP contribution is -2.22. The SMILES string of the molecule is Cc1cnc(CSC2=NN(C)c3cn[nH]c(=O)c3S2)c(Cl)c1. The average molecular weight is 354 g/mol. The minimum Gasteiger partial charge on any atom is -0.267 e. The van der Waals surface area contributed by atoms with Crippen LogP contribution in [-0.2, 0) is 5.75 Å². The van der Waals surface area contributed by atoms with Crippen molar-refractivity contribution in [2.75, 3.05) is 12.1 Å². The second-order valence-corrected chi connectivity index (χ2v) is 7.26. The number of aromatic nitrogens is 3. The maximum atomic E-state index is 11.9. The summed E-state index contributed by atoms with van der Waals surface area (Å²) in [7, 11) is 1.79. The predicted molar refractivity (Wildman–Crippen MR) is 91.8 cm³/mol. The summed E-state index contributed by atoms with van der Waals surface area (Å²) in [5.74, 6) is 0.594. The minimum absolute atomic E-state index is 0.214. The third kappa shape index (κ3) is 3.13. The average Bonchev–Trinajstić information content (AvgIpc) is 2.47. The quantitative estimate of drug-likeness (QED) is 0.894. The van der Waals surface area contributed by atoms with Gasteiger partial charge >= 0.3 is 0 Å². The Balaban J connectivity index is 1.77. The van der Waals surface area contributed by atoms with Gasteiger partial charge in [0, 0.05) is 19.0 Å². The van der Waals surface area contributed by atoms with E-state index in [1.807, 2.05) is 13.0 Å². The fourth-order valence-electron chi connectivity index (χ4n) is 1.85. The van der Waals surface area contributed by atoms with Gasteiger partial charge in [-0.25, -0.2) is 5.10 Å². The first-order valence-electron chi connectivity index (χ1n) is 6.36. The summed E-state index contributed by atoms with van der Waals surface area (Å²) in [5.41, 5.74) is 2.31. The van der Waals surface area contributed by atoms with Crippen LogP contribution in [0.2, 0.25) is 5.02 Å². The lowest BCUT2D eigenvalue weighted by atomic mass is 10.3. The zero-order valence-electron chi connectivity index (χ0n) is 11.8. The molecular formula is C13H12ClN5OS2. The first-order chi connectivity index (χ1) is 10.5. The summed E-state index contributed by atoms with van der Waals surface area (Å²) >= 11 is 9.02. The largest absolute Gasteiger partial charge is 0.280 e. The zero-order valence-corrected chi connectivity index (χ0v) is 14.2. The Kier molecular flexibility index (Phi) is 4.42. The number of fused-ring (bicyclic) bond motifs is 1. The van der Waals surface area contributed by atoms with Gasteiger partial charge in [-0.3, -0.25) is 14.8 Å². The van der Waals surface area contributed by atoms with Gasteiger partial charge in [-0.1, -0.05) is 35.1 Å². The van der Waals surface area contributed by atoms with Crippen molar-refractivity contribution in [2.24, 2.45) is 5.10 Å². The van der Waals surface area contributed by atoms with Gasteiger partial charge in [0.15, 0.2) is 4.38 Å². The Morgan fingerprint density at radius 1 is 1.45 bits per heavy atom. The van der Waals surface area contributed by atoms with Crippen LogP contribution in [0, 0.1) is 6.92 Å². The van der Waals surface area contributed by atoms with Gasteiger partial charge < -0.3 is 0 Å². The van der Waals surface area contributed by atoms with Crippen molar-refractivity contribution in [2.45, 2.75) is 17.6 Å². The lowest BCUT2D eigenvalue weighted by Gasteiger charge is -2.21. The number of hydrazone groups is 1. The Morgan fingerprint density at radius 2 is 2.27 bits per heavy atom. The number of H-pyrrole nitrogens is 1. The van der Waals surface area contributed by atoms with Crippen LogP contribution < -0.4 is 10.6 Å². The normalized spacial score (nSPS) is 13.8. The number of anilines is 1. The molecule has 0 atom stereocenters. The van der Waals surface area contributed by atoms with Crippen LogP contribution in [0.4, 0.5) is 5.69 Å². The number of pyridine rings is 1. The molecule has 22 heavy (non-hydrogen) atoms. The maximum Gasteiger partial charge on any atom is 0.280 e. The molecular weight excluding hydrogens is 342 g/mol. The molecule has 1 aliphatic rings. The fourth-order valence-corrected chi connectivity index (χ4v) is 4.31. The van der Waals surface area contributed by atoms with E-state index in [0.717, 1.165) is 15.6 Å². The highest BCUT2D eigenvalue weighted by Crippen LogP contribution is 2.36. The number of nitrogens with one attached hydrogen (secondary N) is 1. The number of hydrogen-bond donors (Lipinski definition) is 1. The Hall–Kier alpha value is -1.51. The van der Waals surface area contributed by atoms with Crippen molar-refractivity contribution in [3.63, 3.8) is 0 Å². The molecule has 0 radical (unpaired) electrons. The number of aryl methyl sites for hydroxylation is 1. The van der Waals surface area contributed by atoms with E-state index in [0.29, 0.717) is 21.4 Å². The van der Waals surface area contributed by atoms with E-state index < -0.39 is 0 Å². The molecule has 0 bridgehead atoms. The summed E-state index contributed by atoms with van der Waals surface area (Å²) in [6.45, 7) is 1.95. The fraction of sp³-hybridized carbons (Fsp3) is 0.231. The molecule has 6 nitrogen and oxygen atoms in total. The van der Waals surface area contributed by atoms with Crippen LogP contribution >= 0.6 is 35.1 Å². The van der Waals surface area contributed by atoms with E-state index >= 15 is 0 Å². The lowest BCUT2D eigenvalue weighted by molar-refractivity contribution is 0.899. The third-order valence-electron chi connectivity index (χ3n) is 2.95. The minimum atomic E-state index is -0.214. The highest BCUT2D eigenvalue weighted by atomic mass is 35.5. The first-order valence-corrected chi connectivity index (χ1v) is 8.54. The third-order valence-corrected chi connectivity index (χ3v) is 5.48. The second kappa shape index (κ2) is 6.31. The molecule has 0 fully saturated rings. The van der Waals surface area contributed by atoms with Crippen molar-refractivity contribution < 1.29 is 0 Å². The smallest absolute Gasteiger partial charge is 0.267 e. The van der Waals surface area contributed by atoms with E-state index in [2.05, 4.69) is 20.3 Å². The summed E-state index contributed by atoms with van der Waals surface area (Å²) in [5, 5.41) is 13.0. The Labute approximate surface area is 140 Å². The summed E-state index contributed by atoms with van der Waals surface area (Å²) in [6, 6.07) is 1.89. The van der Waals surface area contributed by atoms with Crippen LogP contribution in [0.1, 0.15) is 11.3 Å². The van der Waals surface area contributed by atoms with Gasteiger partial charge in [0.1, 0.15) is 4.90 Å². The number of nitrogens with zero attached hydrogens (tertiary/aromatic N) is 4. The van der Waals surface area contributed by atoms with Gasteiger partial charge in [0.25, 0.3) is 5.56 Å². The van der Waals surface area contributed by atoms with Gasteiger partial charge in [-0.15, -0.1) is 0 Å². The molecule has 1 aliphatic heterocycles. The molecule has 2 aromatic heterocycles. The predicted octanol–water partition coefficient (Wildman–Crippen LogP) is 2.87. The standard InChI is InChI=1S/C13H12ClN5OS2/c1-7-3-8(14)9(15-4-7)6-21-13-18-19(2)10-5-16-17-12(20)11(10)22-13/h3-5H,6H2,1-2H3,(H,17,20).